The molecule has 19 heavy (non-hydrogen) atoms. The first-order valence-electron chi connectivity index (χ1n) is 5.60. The number of rotatable bonds is 5. The van der Waals surface area contributed by atoms with Crippen molar-refractivity contribution in [2.75, 3.05) is 0 Å². The highest BCUT2D eigenvalue weighted by atomic mass is 32.1. The van der Waals surface area contributed by atoms with Crippen LogP contribution in [-0.2, 0) is 11.4 Å². The van der Waals surface area contributed by atoms with E-state index in [0.717, 1.165) is 10.4 Å². The fraction of sp³-hybridized carbons (Fsp3) is 0.154. The van der Waals surface area contributed by atoms with Crippen LogP contribution in [0.5, 0.6) is 0 Å². The molecule has 2 aromatic rings. The van der Waals surface area contributed by atoms with E-state index in [1.807, 2.05) is 17.5 Å². The van der Waals surface area contributed by atoms with Crippen LogP contribution < -0.4 is 0 Å². The zero-order valence-electron chi connectivity index (χ0n) is 10.3. The Morgan fingerprint density at radius 3 is 2.95 bits per heavy atom. The number of hydrogen-bond acceptors (Lipinski definition) is 5. The molecule has 1 heterocycles. The highest BCUT2D eigenvalue weighted by molar-refractivity contribution is 7.11. The maximum Gasteiger partial charge on any atom is 0.272 e. The third-order valence-corrected chi connectivity index (χ3v) is 3.44. The van der Waals surface area contributed by atoms with Crippen molar-refractivity contribution >= 4 is 23.2 Å². The summed E-state index contributed by atoms with van der Waals surface area (Å²) in [5, 5.41) is 16.6. The molecule has 1 aromatic heterocycles. The first-order chi connectivity index (χ1) is 9.18. The molecule has 0 aliphatic carbocycles. The van der Waals surface area contributed by atoms with Crippen molar-refractivity contribution in [1.82, 2.24) is 0 Å². The topological polar surface area (TPSA) is 64.7 Å². The van der Waals surface area contributed by atoms with Crippen LogP contribution >= 0.6 is 11.3 Å². The van der Waals surface area contributed by atoms with E-state index in [2.05, 4.69) is 5.16 Å². The number of oxime groups is 1. The smallest absolute Gasteiger partial charge is 0.272 e. The molecule has 0 bridgehead atoms. The van der Waals surface area contributed by atoms with Crippen LogP contribution in [0.1, 0.15) is 16.0 Å². The minimum Gasteiger partial charge on any atom is -0.391 e. The summed E-state index contributed by atoms with van der Waals surface area (Å²) >= 11 is 1.56. The Hall–Kier alpha value is -2.21. The SMILES string of the molecule is Cc1c(CO/N=C/c2cccs2)cccc1[N+](=O)[O-]. The molecule has 0 spiro atoms. The quantitative estimate of drug-likeness (QED) is 0.477. The van der Waals surface area contributed by atoms with Gasteiger partial charge >= 0.3 is 0 Å². The van der Waals surface area contributed by atoms with Gasteiger partial charge in [0.2, 0.25) is 0 Å². The van der Waals surface area contributed by atoms with Crippen molar-refractivity contribution in [3.63, 3.8) is 0 Å². The predicted octanol–water partition coefficient (Wildman–Crippen LogP) is 3.52. The second kappa shape index (κ2) is 6.10. The van der Waals surface area contributed by atoms with Gasteiger partial charge in [-0.15, -0.1) is 11.3 Å². The molecule has 98 valence electrons. The molecule has 0 saturated carbocycles. The molecule has 0 amide bonds. The third-order valence-electron chi connectivity index (χ3n) is 2.63. The average Bonchev–Trinajstić information content (AvgIpc) is 2.89. The number of hydrogen-bond donors (Lipinski definition) is 0. The zero-order valence-corrected chi connectivity index (χ0v) is 11.1. The van der Waals surface area contributed by atoms with Crippen LogP contribution in [0.2, 0.25) is 0 Å². The van der Waals surface area contributed by atoms with E-state index >= 15 is 0 Å². The van der Waals surface area contributed by atoms with E-state index in [1.54, 1.807) is 36.6 Å². The molecular weight excluding hydrogens is 264 g/mol. The lowest BCUT2D eigenvalue weighted by Gasteiger charge is -2.04. The van der Waals surface area contributed by atoms with E-state index in [1.165, 1.54) is 6.07 Å². The number of nitro groups is 1. The van der Waals surface area contributed by atoms with E-state index in [-0.39, 0.29) is 12.3 Å². The first kappa shape index (κ1) is 13.2. The van der Waals surface area contributed by atoms with Crippen molar-refractivity contribution in [1.29, 1.82) is 0 Å². The van der Waals surface area contributed by atoms with Crippen LogP contribution in [-0.4, -0.2) is 11.1 Å². The highest BCUT2D eigenvalue weighted by Gasteiger charge is 2.12. The molecule has 0 unspecified atom stereocenters. The monoisotopic (exact) mass is 276 g/mol. The zero-order chi connectivity index (χ0) is 13.7. The first-order valence-corrected chi connectivity index (χ1v) is 6.48. The van der Waals surface area contributed by atoms with E-state index in [9.17, 15) is 10.1 Å². The molecule has 0 aliphatic rings. The van der Waals surface area contributed by atoms with Gasteiger partial charge in [0.15, 0.2) is 0 Å². The van der Waals surface area contributed by atoms with Crippen molar-refractivity contribution in [3.05, 3.63) is 61.8 Å². The van der Waals surface area contributed by atoms with Gasteiger partial charge in [0, 0.05) is 22.1 Å². The molecule has 5 nitrogen and oxygen atoms in total. The van der Waals surface area contributed by atoms with Gasteiger partial charge in [0.1, 0.15) is 6.61 Å². The number of nitro benzene ring substituents is 1. The Bertz CT molecular complexity index is 594. The largest absolute Gasteiger partial charge is 0.391 e. The summed E-state index contributed by atoms with van der Waals surface area (Å²) in [5.74, 6) is 0. The second-order valence-corrected chi connectivity index (χ2v) is 4.82. The highest BCUT2D eigenvalue weighted by Crippen LogP contribution is 2.21. The Kier molecular flexibility index (Phi) is 4.25. The minimum atomic E-state index is -0.395. The maximum absolute atomic E-state index is 10.8. The summed E-state index contributed by atoms with van der Waals surface area (Å²) in [4.78, 5) is 16.6. The summed E-state index contributed by atoms with van der Waals surface area (Å²) in [6, 6.07) is 8.77. The molecule has 0 atom stereocenters. The van der Waals surface area contributed by atoms with Gasteiger partial charge in [-0.05, 0) is 18.4 Å². The lowest BCUT2D eigenvalue weighted by molar-refractivity contribution is -0.385. The summed E-state index contributed by atoms with van der Waals surface area (Å²) < 4.78 is 0. The molecule has 0 aliphatic heterocycles. The van der Waals surface area contributed by atoms with Gasteiger partial charge in [-0.25, -0.2) is 0 Å². The maximum atomic E-state index is 10.8. The Morgan fingerprint density at radius 1 is 1.42 bits per heavy atom. The molecule has 0 saturated heterocycles. The van der Waals surface area contributed by atoms with Crippen molar-refractivity contribution in [2.24, 2.45) is 5.16 Å². The number of thiophene rings is 1. The molecule has 6 heteroatoms. The fourth-order valence-corrected chi connectivity index (χ4v) is 2.16. The Labute approximate surface area is 114 Å². The second-order valence-electron chi connectivity index (χ2n) is 3.84. The standard InChI is InChI=1S/C13H12N2O3S/c1-10-11(4-2-6-13(10)15(16)17)9-18-14-8-12-5-3-7-19-12/h2-8H,9H2,1H3/b14-8+. The van der Waals surface area contributed by atoms with Crippen LogP contribution in [0, 0.1) is 17.0 Å². The van der Waals surface area contributed by atoms with Gasteiger partial charge in [-0.3, -0.25) is 10.1 Å². The van der Waals surface area contributed by atoms with E-state index < -0.39 is 4.92 Å². The summed E-state index contributed by atoms with van der Waals surface area (Å²) in [5.41, 5.74) is 1.47. The lowest BCUT2D eigenvalue weighted by atomic mass is 10.1. The molecule has 0 fully saturated rings. The van der Waals surface area contributed by atoms with Crippen LogP contribution in [0.3, 0.4) is 0 Å². The lowest BCUT2D eigenvalue weighted by Crippen LogP contribution is -1.97. The molecule has 0 radical (unpaired) electrons. The van der Waals surface area contributed by atoms with Crippen LogP contribution in [0.25, 0.3) is 0 Å². The predicted molar refractivity (Wildman–Crippen MR) is 74.5 cm³/mol. The summed E-state index contributed by atoms with van der Waals surface area (Å²) in [6.07, 6.45) is 1.62. The normalized spacial score (nSPS) is 10.8. The molecule has 2 rings (SSSR count). The van der Waals surface area contributed by atoms with Crippen LogP contribution in [0.4, 0.5) is 5.69 Å². The Balaban J connectivity index is 2.00. The minimum absolute atomic E-state index is 0.100. The third kappa shape index (κ3) is 3.38. The van der Waals surface area contributed by atoms with Gasteiger partial charge in [-0.2, -0.15) is 0 Å². The summed E-state index contributed by atoms with van der Waals surface area (Å²) in [6.45, 7) is 1.93. The van der Waals surface area contributed by atoms with Gasteiger partial charge < -0.3 is 4.84 Å². The molecule has 0 N–H and O–H groups in total. The van der Waals surface area contributed by atoms with Gasteiger partial charge in [0.05, 0.1) is 11.1 Å². The number of nitrogens with zero attached hydrogens (tertiary/aromatic N) is 2. The van der Waals surface area contributed by atoms with E-state index in [4.69, 9.17) is 4.84 Å². The van der Waals surface area contributed by atoms with E-state index in [0.29, 0.717) is 5.56 Å². The average molecular weight is 276 g/mol. The van der Waals surface area contributed by atoms with Crippen molar-refractivity contribution < 1.29 is 9.76 Å². The molecule has 1 aromatic carbocycles. The van der Waals surface area contributed by atoms with Crippen molar-refractivity contribution in [2.45, 2.75) is 13.5 Å². The number of benzene rings is 1. The Morgan fingerprint density at radius 2 is 2.26 bits per heavy atom. The van der Waals surface area contributed by atoms with Gasteiger partial charge in [0.25, 0.3) is 5.69 Å². The van der Waals surface area contributed by atoms with Gasteiger partial charge in [-0.1, -0.05) is 23.4 Å². The van der Waals surface area contributed by atoms with Crippen LogP contribution in [0.15, 0.2) is 40.9 Å². The summed E-state index contributed by atoms with van der Waals surface area (Å²) in [7, 11) is 0. The molecular formula is C13H12N2O3S. The fourth-order valence-electron chi connectivity index (χ4n) is 1.58. The van der Waals surface area contributed by atoms with Crippen molar-refractivity contribution in [3.8, 4) is 0 Å².